The van der Waals surface area contributed by atoms with E-state index in [2.05, 4.69) is 53.6 Å². The minimum absolute atomic E-state index is 0.435. The first-order valence-electron chi connectivity index (χ1n) is 9.97. The van der Waals surface area contributed by atoms with Crippen LogP contribution in [-0.2, 0) is 0 Å². The summed E-state index contributed by atoms with van der Waals surface area (Å²) >= 11 is 3.04. The zero-order valence-electron chi connectivity index (χ0n) is 16.7. The molecule has 0 spiro atoms. The molecule has 0 N–H and O–H groups in total. The number of hydrogen-bond donors (Lipinski definition) is 0. The summed E-state index contributed by atoms with van der Waals surface area (Å²) in [7, 11) is 0. The molecule has 0 atom stereocenters. The van der Waals surface area contributed by atoms with Crippen molar-refractivity contribution in [3.8, 4) is 16.8 Å². The predicted octanol–water partition coefficient (Wildman–Crippen LogP) is 3.70. The molecule has 4 heterocycles. The Morgan fingerprint density at radius 3 is 2.83 bits per heavy atom. The van der Waals surface area contributed by atoms with Crippen LogP contribution in [0.1, 0.15) is 12.3 Å². The SMILES string of the molecule is Cc1nnc(-c2csc(OCCCN3CCN(c4nsc5ccccc45)CC3)n2)o1. The second-order valence-electron chi connectivity index (χ2n) is 7.16. The van der Waals surface area contributed by atoms with Gasteiger partial charge in [-0.2, -0.15) is 9.36 Å². The highest BCUT2D eigenvalue weighted by Gasteiger charge is 2.20. The summed E-state index contributed by atoms with van der Waals surface area (Å²) in [4.78, 5) is 9.31. The number of nitrogens with zero attached hydrogens (tertiary/aromatic N) is 6. The molecule has 0 radical (unpaired) electrons. The fraction of sp³-hybridized carbons (Fsp3) is 0.400. The molecule has 0 amide bonds. The van der Waals surface area contributed by atoms with Gasteiger partial charge in [0.2, 0.25) is 5.89 Å². The van der Waals surface area contributed by atoms with E-state index in [1.165, 1.54) is 21.4 Å². The van der Waals surface area contributed by atoms with Crippen molar-refractivity contribution >= 4 is 38.8 Å². The summed E-state index contributed by atoms with van der Waals surface area (Å²) in [5, 5.41) is 11.6. The maximum absolute atomic E-state index is 5.81. The molecule has 10 heteroatoms. The van der Waals surface area contributed by atoms with Crippen LogP contribution < -0.4 is 9.64 Å². The van der Waals surface area contributed by atoms with Crippen LogP contribution in [0.25, 0.3) is 21.7 Å². The Hall–Kier alpha value is -2.56. The van der Waals surface area contributed by atoms with Crippen molar-refractivity contribution in [3.63, 3.8) is 0 Å². The number of rotatable bonds is 7. The number of thiazole rings is 1. The maximum atomic E-state index is 5.81. The van der Waals surface area contributed by atoms with Gasteiger partial charge in [0.15, 0.2) is 0 Å². The first-order chi connectivity index (χ1) is 14.8. The van der Waals surface area contributed by atoms with E-state index in [0.29, 0.717) is 29.3 Å². The third-order valence-electron chi connectivity index (χ3n) is 5.10. The van der Waals surface area contributed by atoms with E-state index in [4.69, 9.17) is 9.15 Å². The number of fused-ring (bicyclic) bond motifs is 1. The highest BCUT2D eigenvalue weighted by atomic mass is 32.1. The molecule has 0 saturated carbocycles. The highest BCUT2D eigenvalue weighted by Crippen LogP contribution is 2.30. The molecule has 4 aromatic rings. The van der Waals surface area contributed by atoms with Crippen LogP contribution in [0.3, 0.4) is 0 Å². The molecule has 0 aliphatic carbocycles. The van der Waals surface area contributed by atoms with E-state index in [0.717, 1.165) is 45.0 Å². The molecule has 3 aromatic heterocycles. The van der Waals surface area contributed by atoms with Crippen LogP contribution in [0.5, 0.6) is 5.19 Å². The van der Waals surface area contributed by atoms with E-state index < -0.39 is 0 Å². The van der Waals surface area contributed by atoms with Crippen LogP contribution in [0.4, 0.5) is 5.82 Å². The summed E-state index contributed by atoms with van der Waals surface area (Å²) in [6.07, 6.45) is 0.966. The van der Waals surface area contributed by atoms with Gasteiger partial charge in [-0.1, -0.05) is 23.5 Å². The monoisotopic (exact) mass is 442 g/mol. The quantitative estimate of drug-likeness (QED) is 0.401. The Morgan fingerprint density at radius 1 is 1.13 bits per heavy atom. The third-order valence-corrected chi connectivity index (χ3v) is 6.67. The Morgan fingerprint density at radius 2 is 2.00 bits per heavy atom. The average Bonchev–Trinajstić information content (AvgIpc) is 3.51. The summed E-state index contributed by atoms with van der Waals surface area (Å²) in [6.45, 7) is 7.54. The summed E-state index contributed by atoms with van der Waals surface area (Å²) < 4.78 is 17.1. The maximum Gasteiger partial charge on any atom is 0.273 e. The van der Waals surface area contributed by atoms with Gasteiger partial charge in [0.1, 0.15) is 11.5 Å². The number of ether oxygens (including phenoxy) is 1. The smallest absolute Gasteiger partial charge is 0.273 e. The molecule has 0 bridgehead atoms. The summed E-state index contributed by atoms with van der Waals surface area (Å²) in [5.41, 5.74) is 0.668. The minimum atomic E-state index is 0.435. The predicted molar refractivity (Wildman–Crippen MR) is 119 cm³/mol. The number of hydrogen-bond acceptors (Lipinski definition) is 10. The summed E-state index contributed by atoms with van der Waals surface area (Å²) in [5.74, 6) is 2.10. The van der Waals surface area contributed by atoms with Crippen molar-refractivity contribution in [1.29, 1.82) is 0 Å². The van der Waals surface area contributed by atoms with Crippen LogP contribution in [0.2, 0.25) is 0 Å². The fourth-order valence-electron chi connectivity index (χ4n) is 3.55. The molecule has 1 saturated heterocycles. The Bertz CT molecular complexity index is 1120. The number of aromatic nitrogens is 4. The lowest BCUT2D eigenvalue weighted by Crippen LogP contribution is -2.47. The van der Waals surface area contributed by atoms with Gasteiger partial charge < -0.3 is 14.1 Å². The van der Waals surface area contributed by atoms with Crippen LogP contribution in [-0.4, -0.2) is 63.8 Å². The van der Waals surface area contributed by atoms with E-state index in [9.17, 15) is 0 Å². The second-order valence-corrected chi connectivity index (χ2v) is 8.78. The van der Waals surface area contributed by atoms with E-state index in [1.807, 2.05) is 5.38 Å². The molecule has 1 aliphatic heterocycles. The van der Waals surface area contributed by atoms with Gasteiger partial charge in [0, 0.05) is 50.4 Å². The molecule has 1 fully saturated rings. The van der Waals surface area contributed by atoms with Crippen LogP contribution in [0, 0.1) is 6.92 Å². The van der Waals surface area contributed by atoms with Crippen LogP contribution in [0.15, 0.2) is 34.1 Å². The van der Waals surface area contributed by atoms with Crippen LogP contribution >= 0.6 is 22.9 Å². The zero-order valence-corrected chi connectivity index (χ0v) is 18.3. The molecule has 30 heavy (non-hydrogen) atoms. The van der Waals surface area contributed by atoms with Crippen molar-refractivity contribution in [2.24, 2.45) is 0 Å². The Balaban J connectivity index is 1.06. The van der Waals surface area contributed by atoms with Gasteiger partial charge in [-0.3, -0.25) is 4.90 Å². The zero-order chi connectivity index (χ0) is 20.3. The van der Waals surface area contributed by atoms with Crippen molar-refractivity contribution in [2.45, 2.75) is 13.3 Å². The molecule has 1 aromatic carbocycles. The largest absolute Gasteiger partial charge is 0.470 e. The van der Waals surface area contributed by atoms with Gasteiger partial charge >= 0.3 is 0 Å². The highest BCUT2D eigenvalue weighted by molar-refractivity contribution is 7.13. The van der Waals surface area contributed by atoms with Crippen molar-refractivity contribution in [3.05, 3.63) is 35.5 Å². The minimum Gasteiger partial charge on any atom is -0.470 e. The lowest BCUT2D eigenvalue weighted by atomic mass is 10.2. The van der Waals surface area contributed by atoms with Crippen molar-refractivity contribution in [1.82, 2.24) is 24.5 Å². The topological polar surface area (TPSA) is 80.4 Å². The standard InChI is InChI=1S/C20H22N6O2S2/c1-14-22-23-19(28-14)16-13-29-20(21-16)27-12-4-7-25-8-10-26(11-9-25)18-15-5-2-3-6-17(15)30-24-18/h2-3,5-6,13H,4,7-12H2,1H3. The lowest BCUT2D eigenvalue weighted by Gasteiger charge is -2.35. The molecular formula is C20H22N6O2S2. The van der Waals surface area contributed by atoms with Gasteiger partial charge in [-0.25, -0.2) is 0 Å². The molecule has 0 unspecified atom stereocenters. The van der Waals surface area contributed by atoms with E-state index in [-0.39, 0.29) is 0 Å². The average molecular weight is 443 g/mol. The van der Waals surface area contributed by atoms with Gasteiger partial charge in [-0.05, 0) is 30.1 Å². The molecule has 1 aliphatic rings. The molecule has 5 rings (SSSR count). The Kier molecular flexibility index (Phi) is 5.60. The summed E-state index contributed by atoms with van der Waals surface area (Å²) in [6, 6.07) is 8.47. The molecular weight excluding hydrogens is 420 g/mol. The van der Waals surface area contributed by atoms with Crippen molar-refractivity contribution < 1.29 is 9.15 Å². The number of anilines is 1. The van der Waals surface area contributed by atoms with Gasteiger partial charge in [0.05, 0.1) is 11.3 Å². The number of piperazine rings is 1. The van der Waals surface area contributed by atoms with Gasteiger partial charge in [-0.15, -0.1) is 10.2 Å². The van der Waals surface area contributed by atoms with E-state index >= 15 is 0 Å². The van der Waals surface area contributed by atoms with Crippen molar-refractivity contribution in [2.75, 3.05) is 44.2 Å². The number of benzene rings is 1. The lowest BCUT2D eigenvalue weighted by molar-refractivity contribution is 0.224. The number of aryl methyl sites for hydroxylation is 1. The third kappa shape index (κ3) is 4.16. The molecule has 8 nitrogen and oxygen atoms in total. The van der Waals surface area contributed by atoms with Gasteiger partial charge in [0.25, 0.3) is 11.1 Å². The molecule has 156 valence electrons. The fourth-order valence-corrected chi connectivity index (χ4v) is 5.02. The first kappa shape index (κ1) is 19.4. The van der Waals surface area contributed by atoms with E-state index in [1.54, 1.807) is 18.5 Å². The second kappa shape index (κ2) is 8.66. The first-order valence-corrected chi connectivity index (χ1v) is 11.6. The Labute approximate surface area is 182 Å². The normalized spacial score (nSPS) is 15.2.